The van der Waals surface area contributed by atoms with Crippen LogP contribution in [0.3, 0.4) is 0 Å². The molecule has 0 radical (unpaired) electrons. The van der Waals surface area contributed by atoms with Gasteiger partial charge in [-0.05, 0) is 30.3 Å². The number of halogens is 9. The summed E-state index contributed by atoms with van der Waals surface area (Å²) < 4.78 is 122. The second kappa shape index (κ2) is 8.84. The molecule has 1 aromatic carbocycles. The molecule has 2 heterocycles. The normalized spacial score (nSPS) is 12.5. The molecule has 0 aliphatic rings. The van der Waals surface area contributed by atoms with E-state index in [4.69, 9.17) is 9.78 Å². The molecule has 34 heavy (non-hydrogen) atoms. The minimum absolute atomic E-state index is 0.0631. The third kappa shape index (κ3) is 5.94. The van der Waals surface area contributed by atoms with E-state index in [2.05, 4.69) is 15.1 Å². The molecule has 0 saturated heterocycles. The van der Waals surface area contributed by atoms with E-state index in [-0.39, 0.29) is 11.5 Å². The van der Waals surface area contributed by atoms with Crippen molar-refractivity contribution in [3.05, 3.63) is 59.2 Å². The molecule has 2 aromatic heterocycles. The Morgan fingerprint density at radius 1 is 0.941 bits per heavy atom. The maximum Gasteiger partial charge on any atom is 0.433 e. The maximum atomic E-state index is 13.2. The molecule has 15 heteroatoms. The van der Waals surface area contributed by atoms with Gasteiger partial charge in [0, 0.05) is 11.9 Å². The summed E-state index contributed by atoms with van der Waals surface area (Å²) in [5.74, 6) is -0.754. The van der Waals surface area contributed by atoms with E-state index in [1.165, 1.54) is 6.07 Å². The third-order valence-electron chi connectivity index (χ3n) is 4.27. The Balaban J connectivity index is 1.92. The molecule has 3 rings (SSSR count). The van der Waals surface area contributed by atoms with Gasteiger partial charge in [-0.1, -0.05) is 5.16 Å². The van der Waals surface area contributed by atoms with E-state index in [9.17, 15) is 39.5 Å². The lowest BCUT2D eigenvalue weighted by molar-refractivity contribution is -0.141. The van der Waals surface area contributed by atoms with Gasteiger partial charge in [-0.25, -0.2) is 0 Å². The van der Waals surface area contributed by atoms with Gasteiger partial charge in [0.1, 0.15) is 12.2 Å². The Morgan fingerprint density at radius 2 is 1.65 bits per heavy atom. The van der Waals surface area contributed by atoms with Gasteiger partial charge in [0.05, 0.1) is 29.3 Å². The van der Waals surface area contributed by atoms with Gasteiger partial charge >= 0.3 is 18.5 Å². The predicted octanol–water partition coefficient (Wildman–Crippen LogP) is 5.61. The van der Waals surface area contributed by atoms with Crippen molar-refractivity contribution in [2.24, 2.45) is 0 Å². The van der Waals surface area contributed by atoms with Gasteiger partial charge in [0.25, 0.3) is 5.89 Å². The average Bonchev–Trinajstić information content (AvgIpc) is 3.19. The highest BCUT2D eigenvalue weighted by Crippen LogP contribution is 2.35. The summed E-state index contributed by atoms with van der Waals surface area (Å²) in [6, 6.07) is 4.94. The highest BCUT2D eigenvalue weighted by Gasteiger charge is 2.36. The number of nitrogens with zero attached hydrogens (tertiary/aromatic N) is 5. The number of alkyl halides is 9. The van der Waals surface area contributed by atoms with Crippen molar-refractivity contribution in [2.45, 2.75) is 25.1 Å². The minimum atomic E-state index is -5.00. The summed E-state index contributed by atoms with van der Waals surface area (Å²) in [6.07, 6.45) is -13.8. The number of aromatic nitrogens is 3. The Kier molecular flexibility index (Phi) is 6.45. The molecule has 0 atom stereocenters. The Morgan fingerprint density at radius 3 is 2.18 bits per heavy atom. The van der Waals surface area contributed by atoms with Crippen LogP contribution in [-0.2, 0) is 18.9 Å². The average molecular weight is 495 g/mol. The van der Waals surface area contributed by atoms with Gasteiger partial charge in [0.2, 0.25) is 0 Å². The minimum Gasteiger partial charge on any atom is -0.355 e. The van der Waals surface area contributed by atoms with Crippen molar-refractivity contribution in [2.75, 3.05) is 11.4 Å². The van der Waals surface area contributed by atoms with E-state index in [1.54, 1.807) is 0 Å². The topological polar surface area (TPSA) is 78.8 Å². The van der Waals surface area contributed by atoms with Gasteiger partial charge in [-0.15, -0.1) is 0 Å². The first-order valence-electron chi connectivity index (χ1n) is 8.96. The molecule has 0 amide bonds. The largest absolute Gasteiger partial charge is 0.433 e. The number of nitriles is 1. The zero-order chi connectivity index (χ0) is 25.3. The van der Waals surface area contributed by atoms with Crippen molar-refractivity contribution in [3.8, 4) is 17.5 Å². The number of anilines is 1. The summed E-state index contributed by atoms with van der Waals surface area (Å²) in [7, 11) is 0. The second-order valence-electron chi connectivity index (χ2n) is 6.76. The zero-order valence-corrected chi connectivity index (χ0v) is 16.4. The SMILES string of the molecule is N#Cc1ccc(N(Cc2noc(-c3ccc(C(F)(F)F)nc3)n2)CC(F)(F)F)cc1C(F)(F)F. The van der Waals surface area contributed by atoms with Crippen LogP contribution >= 0.6 is 0 Å². The summed E-state index contributed by atoms with van der Waals surface area (Å²) in [4.78, 5) is 7.47. The highest BCUT2D eigenvalue weighted by molar-refractivity contribution is 5.55. The number of hydrogen-bond acceptors (Lipinski definition) is 6. The van der Waals surface area contributed by atoms with Crippen LogP contribution < -0.4 is 4.90 Å². The monoisotopic (exact) mass is 495 g/mol. The number of benzene rings is 1. The summed E-state index contributed by atoms with van der Waals surface area (Å²) in [5.41, 5.74) is -3.99. The van der Waals surface area contributed by atoms with Gasteiger partial charge in [0.15, 0.2) is 5.82 Å². The number of rotatable bonds is 5. The van der Waals surface area contributed by atoms with Crippen LogP contribution in [0.2, 0.25) is 0 Å². The Hall–Kier alpha value is -3.83. The summed E-state index contributed by atoms with van der Waals surface area (Å²) >= 11 is 0. The molecular formula is C19H10F9N5O. The summed E-state index contributed by atoms with van der Waals surface area (Å²) in [6.45, 7) is -2.46. The third-order valence-corrected chi connectivity index (χ3v) is 4.27. The van der Waals surface area contributed by atoms with Crippen LogP contribution in [-0.4, -0.2) is 27.8 Å². The lowest BCUT2D eigenvalue weighted by Gasteiger charge is -2.25. The van der Waals surface area contributed by atoms with Crippen molar-refractivity contribution in [3.63, 3.8) is 0 Å². The molecule has 3 aromatic rings. The van der Waals surface area contributed by atoms with Gasteiger partial charge in [-0.3, -0.25) is 4.98 Å². The van der Waals surface area contributed by atoms with Crippen LogP contribution in [0, 0.1) is 11.3 Å². The Bertz CT molecular complexity index is 1190. The van der Waals surface area contributed by atoms with E-state index >= 15 is 0 Å². The van der Waals surface area contributed by atoms with E-state index in [0.29, 0.717) is 17.0 Å². The first-order valence-corrected chi connectivity index (χ1v) is 8.96. The molecule has 0 aliphatic carbocycles. The highest BCUT2D eigenvalue weighted by atomic mass is 19.4. The van der Waals surface area contributed by atoms with Crippen LogP contribution in [0.5, 0.6) is 0 Å². The van der Waals surface area contributed by atoms with Crippen LogP contribution in [0.4, 0.5) is 45.2 Å². The summed E-state index contributed by atoms with van der Waals surface area (Å²) in [5, 5.41) is 12.3. The standard InChI is InChI=1S/C19H10F9N5O/c20-17(21,22)9-33(12-3-1-10(6-29)13(5-12)18(23,24)25)8-15-31-16(34-32-15)11-2-4-14(30-7-11)19(26,27)28/h1-5,7H,8-9H2. The van der Waals surface area contributed by atoms with Crippen molar-refractivity contribution in [1.82, 2.24) is 15.1 Å². The van der Waals surface area contributed by atoms with Gasteiger partial charge < -0.3 is 9.42 Å². The first-order chi connectivity index (χ1) is 15.7. The molecule has 0 bridgehead atoms. The smallest absolute Gasteiger partial charge is 0.355 e. The molecule has 180 valence electrons. The van der Waals surface area contributed by atoms with Crippen LogP contribution in [0.1, 0.15) is 22.6 Å². The fraction of sp³-hybridized carbons (Fsp3) is 0.263. The van der Waals surface area contributed by atoms with E-state index < -0.39 is 60.0 Å². The molecule has 0 N–H and O–H groups in total. The van der Waals surface area contributed by atoms with Crippen LogP contribution in [0.15, 0.2) is 41.1 Å². The number of pyridine rings is 1. The second-order valence-corrected chi connectivity index (χ2v) is 6.76. The fourth-order valence-electron chi connectivity index (χ4n) is 2.81. The van der Waals surface area contributed by atoms with Crippen molar-refractivity contribution < 1.29 is 44.0 Å². The fourth-order valence-corrected chi connectivity index (χ4v) is 2.81. The number of hydrogen-bond donors (Lipinski definition) is 0. The van der Waals surface area contributed by atoms with Crippen molar-refractivity contribution in [1.29, 1.82) is 5.26 Å². The molecule has 0 saturated carbocycles. The lowest BCUT2D eigenvalue weighted by atomic mass is 10.1. The molecule has 0 fully saturated rings. The molecule has 0 unspecified atom stereocenters. The van der Waals surface area contributed by atoms with Crippen LogP contribution in [0.25, 0.3) is 11.5 Å². The molecular weight excluding hydrogens is 485 g/mol. The molecule has 0 spiro atoms. The predicted molar refractivity (Wildman–Crippen MR) is 95.8 cm³/mol. The molecule has 6 nitrogen and oxygen atoms in total. The van der Waals surface area contributed by atoms with E-state index in [0.717, 1.165) is 24.4 Å². The molecule has 0 aliphatic heterocycles. The quantitative estimate of drug-likeness (QED) is 0.429. The zero-order valence-electron chi connectivity index (χ0n) is 16.4. The van der Waals surface area contributed by atoms with E-state index in [1.807, 2.05) is 0 Å². The Labute approximate surface area is 184 Å². The first kappa shape index (κ1) is 24.8. The lowest BCUT2D eigenvalue weighted by Crippen LogP contribution is -2.34. The van der Waals surface area contributed by atoms with Crippen molar-refractivity contribution >= 4 is 5.69 Å². The maximum absolute atomic E-state index is 13.2. The van der Waals surface area contributed by atoms with Gasteiger partial charge in [-0.2, -0.15) is 49.8 Å².